The van der Waals surface area contributed by atoms with E-state index in [4.69, 9.17) is 12.2 Å². The van der Waals surface area contributed by atoms with Gasteiger partial charge in [0.1, 0.15) is 0 Å². The summed E-state index contributed by atoms with van der Waals surface area (Å²) in [5.41, 5.74) is -2.08. The molecule has 0 radical (unpaired) electrons. The third-order valence-electron chi connectivity index (χ3n) is 3.02. The summed E-state index contributed by atoms with van der Waals surface area (Å²) in [7, 11) is -3.28. The van der Waals surface area contributed by atoms with Gasteiger partial charge in [-0.05, 0) is 30.6 Å². The maximum atomic E-state index is 13.0. The number of thioether (sulfide) groups is 1. The summed E-state index contributed by atoms with van der Waals surface area (Å²) in [6, 6.07) is 3.64. The van der Waals surface area contributed by atoms with E-state index in [1.54, 1.807) is 11.0 Å². The number of rotatable bonds is 3. The minimum absolute atomic E-state index is 0.252. The first kappa shape index (κ1) is 19.5. The first-order valence-electron chi connectivity index (χ1n) is 6.42. The van der Waals surface area contributed by atoms with Crippen LogP contribution in [0.25, 0.3) is 0 Å². The van der Waals surface area contributed by atoms with Crippen molar-refractivity contribution in [2.24, 2.45) is 7.05 Å². The third kappa shape index (κ3) is 3.88. The van der Waals surface area contributed by atoms with Crippen LogP contribution in [0.3, 0.4) is 0 Å². The van der Waals surface area contributed by atoms with Crippen molar-refractivity contribution < 1.29 is 21.6 Å². The third-order valence-corrected chi connectivity index (χ3v) is 5.54. The lowest BCUT2D eigenvalue weighted by atomic mass is 10.2. The molecule has 0 unspecified atom stereocenters. The molecule has 0 atom stereocenters. The van der Waals surface area contributed by atoms with Crippen molar-refractivity contribution in [1.82, 2.24) is 19.1 Å². The van der Waals surface area contributed by atoms with E-state index in [9.17, 15) is 26.4 Å². The van der Waals surface area contributed by atoms with Gasteiger partial charge in [0.05, 0.1) is 10.5 Å². The van der Waals surface area contributed by atoms with Gasteiger partial charge in [-0.1, -0.05) is 23.9 Å². The molecule has 0 fully saturated rings. The second kappa shape index (κ2) is 6.80. The van der Waals surface area contributed by atoms with Crippen LogP contribution in [-0.2, 0) is 23.2 Å². The molecule has 25 heavy (non-hydrogen) atoms. The van der Waals surface area contributed by atoms with Crippen molar-refractivity contribution in [3.8, 4) is 0 Å². The minimum atomic E-state index is -4.87. The fourth-order valence-electron chi connectivity index (χ4n) is 1.88. The van der Waals surface area contributed by atoms with Crippen LogP contribution in [0.2, 0.25) is 0 Å². The molecule has 1 aromatic carbocycles. The molecule has 1 N–H and O–H groups in total. The number of nitrogens with zero attached hydrogens (tertiary/aromatic N) is 3. The molecular weight excluding hydrogens is 401 g/mol. The van der Waals surface area contributed by atoms with E-state index in [0.29, 0.717) is 10.7 Å². The van der Waals surface area contributed by atoms with Gasteiger partial charge in [-0.2, -0.15) is 17.9 Å². The van der Waals surface area contributed by atoms with E-state index in [-0.39, 0.29) is 5.16 Å². The minimum Gasteiger partial charge on any atom is -0.273 e. The number of aromatic nitrogens is 3. The second-order valence-corrected chi connectivity index (χ2v) is 7.46. The first-order chi connectivity index (χ1) is 11.5. The maximum absolute atomic E-state index is 13.0. The normalized spacial score (nSPS) is 12.2. The summed E-state index contributed by atoms with van der Waals surface area (Å²) < 4.78 is 67.1. The zero-order valence-corrected chi connectivity index (χ0v) is 15.2. The number of sulfonamides is 1. The zero-order valence-electron chi connectivity index (χ0n) is 12.7. The van der Waals surface area contributed by atoms with Crippen LogP contribution < -0.4 is 10.4 Å². The summed E-state index contributed by atoms with van der Waals surface area (Å²) in [6.45, 7) is 0. The lowest BCUT2D eigenvalue weighted by molar-refractivity contribution is -0.139. The van der Waals surface area contributed by atoms with Crippen molar-refractivity contribution >= 4 is 39.1 Å². The zero-order chi connectivity index (χ0) is 19.0. The van der Waals surface area contributed by atoms with Gasteiger partial charge < -0.3 is 0 Å². The quantitative estimate of drug-likeness (QED) is 0.607. The predicted octanol–water partition coefficient (Wildman–Crippen LogP) is 1.43. The molecular formula is C12H11F3N4O3S3. The average molecular weight is 412 g/mol. The molecule has 0 saturated heterocycles. The molecule has 13 heteroatoms. The highest BCUT2D eigenvalue weighted by Crippen LogP contribution is 2.33. The van der Waals surface area contributed by atoms with E-state index in [2.05, 4.69) is 5.10 Å². The van der Waals surface area contributed by atoms with E-state index >= 15 is 0 Å². The highest BCUT2D eigenvalue weighted by Gasteiger charge is 2.37. The summed E-state index contributed by atoms with van der Waals surface area (Å²) in [6.07, 6.45) is -3.24. The van der Waals surface area contributed by atoms with Crippen molar-refractivity contribution in [3.05, 3.63) is 40.3 Å². The van der Waals surface area contributed by atoms with Crippen molar-refractivity contribution in [2.75, 3.05) is 6.26 Å². The number of alkyl halides is 3. The van der Waals surface area contributed by atoms with Gasteiger partial charge in [0.15, 0.2) is 5.16 Å². The fourth-order valence-corrected chi connectivity index (χ4v) is 4.00. The molecule has 1 aromatic heterocycles. The second-order valence-electron chi connectivity index (χ2n) is 4.64. The molecule has 2 aromatic rings. The molecule has 0 aliphatic heterocycles. The topological polar surface area (TPSA) is 86.0 Å². The lowest BCUT2D eigenvalue weighted by Crippen LogP contribution is -2.40. The Morgan fingerprint density at radius 2 is 1.92 bits per heavy atom. The number of halogens is 3. The number of thiocarbonyl (C=S) groups is 1. The molecule has 0 amide bonds. The van der Waals surface area contributed by atoms with Crippen LogP contribution in [0.15, 0.2) is 39.1 Å². The molecule has 1 heterocycles. The van der Waals surface area contributed by atoms with Crippen LogP contribution in [-0.4, -0.2) is 34.1 Å². The maximum Gasteiger partial charge on any atom is 0.417 e. The Hall–Kier alpha value is -1.86. The average Bonchev–Trinajstić information content (AvgIpc) is 2.81. The largest absolute Gasteiger partial charge is 0.417 e. The standard InChI is InChI=1S/C12H11F3N4O3S3/c1-18-10(24-2)16-19(11(18)20)9(23)17-25(21,22)8-6-4-3-5-7(8)12(13,14)15/h3-6H,1-2H3,(H,17,23). The van der Waals surface area contributed by atoms with Gasteiger partial charge in [-0.3, -0.25) is 9.29 Å². The smallest absolute Gasteiger partial charge is 0.273 e. The molecule has 136 valence electrons. The van der Waals surface area contributed by atoms with Crippen molar-refractivity contribution in [3.63, 3.8) is 0 Å². The van der Waals surface area contributed by atoms with Gasteiger partial charge in [-0.25, -0.2) is 13.2 Å². The molecule has 7 nitrogen and oxygen atoms in total. The number of hydrogen-bond acceptors (Lipinski definition) is 6. The highest BCUT2D eigenvalue weighted by atomic mass is 32.2. The van der Waals surface area contributed by atoms with E-state index in [0.717, 1.165) is 34.5 Å². The van der Waals surface area contributed by atoms with E-state index in [1.165, 1.54) is 7.05 Å². The van der Waals surface area contributed by atoms with Gasteiger partial charge in [0.25, 0.3) is 10.0 Å². The predicted molar refractivity (Wildman–Crippen MR) is 89.0 cm³/mol. The summed E-state index contributed by atoms with van der Waals surface area (Å²) in [5, 5.41) is 3.41. The molecule has 0 aliphatic carbocycles. The van der Waals surface area contributed by atoms with Crippen molar-refractivity contribution in [1.29, 1.82) is 0 Å². The monoisotopic (exact) mass is 412 g/mol. The number of hydrogen-bond donors (Lipinski definition) is 1. The Labute approximate surface area is 149 Å². The highest BCUT2D eigenvalue weighted by molar-refractivity contribution is 7.98. The summed E-state index contributed by atoms with van der Waals surface area (Å²) in [5.74, 6) is 0. The summed E-state index contributed by atoms with van der Waals surface area (Å²) in [4.78, 5) is 11.0. The Kier molecular flexibility index (Phi) is 5.30. The molecule has 0 bridgehead atoms. The van der Waals surface area contributed by atoms with Gasteiger partial charge >= 0.3 is 11.9 Å². The Morgan fingerprint density at radius 3 is 2.44 bits per heavy atom. The number of nitrogens with one attached hydrogen (secondary N) is 1. The van der Waals surface area contributed by atoms with Gasteiger partial charge in [0, 0.05) is 7.05 Å². The van der Waals surface area contributed by atoms with Crippen LogP contribution in [0.1, 0.15) is 5.56 Å². The molecule has 0 aliphatic rings. The molecule has 0 saturated carbocycles. The van der Waals surface area contributed by atoms with Crippen LogP contribution >= 0.6 is 24.0 Å². The van der Waals surface area contributed by atoms with Crippen LogP contribution in [0, 0.1) is 0 Å². The Bertz CT molecular complexity index is 979. The SMILES string of the molecule is CSc1nn(C(=S)NS(=O)(=O)c2ccccc2C(F)(F)F)c(=O)n1C. The first-order valence-corrected chi connectivity index (χ1v) is 9.54. The Morgan fingerprint density at radius 1 is 1.32 bits per heavy atom. The van der Waals surface area contributed by atoms with Crippen LogP contribution in [0.5, 0.6) is 0 Å². The summed E-state index contributed by atoms with van der Waals surface area (Å²) >= 11 is 5.93. The molecule has 2 rings (SSSR count). The van der Waals surface area contributed by atoms with E-state index in [1.807, 2.05) is 0 Å². The number of benzene rings is 1. The molecule has 0 spiro atoms. The van der Waals surface area contributed by atoms with Crippen LogP contribution in [0.4, 0.5) is 13.2 Å². The van der Waals surface area contributed by atoms with E-state index < -0.39 is 37.5 Å². The van der Waals surface area contributed by atoms with Gasteiger partial charge in [-0.15, -0.1) is 5.10 Å². The fraction of sp³-hybridized carbons (Fsp3) is 0.250. The van der Waals surface area contributed by atoms with Crippen molar-refractivity contribution in [2.45, 2.75) is 16.2 Å². The Balaban J connectivity index is 2.44. The lowest BCUT2D eigenvalue weighted by Gasteiger charge is -2.14. The van der Waals surface area contributed by atoms with Gasteiger partial charge in [0.2, 0.25) is 5.11 Å².